The van der Waals surface area contributed by atoms with Crippen molar-refractivity contribution >= 4 is 10.0 Å². The van der Waals surface area contributed by atoms with E-state index in [2.05, 4.69) is 18.6 Å². The number of benzene rings is 1. The van der Waals surface area contributed by atoms with Crippen LogP contribution < -0.4 is 4.72 Å². The third kappa shape index (κ3) is 5.61. The van der Waals surface area contributed by atoms with Gasteiger partial charge in [-0.15, -0.1) is 0 Å². The van der Waals surface area contributed by atoms with E-state index >= 15 is 0 Å². The predicted octanol–water partition coefficient (Wildman–Crippen LogP) is 2.32. The fourth-order valence-electron chi connectivity index (χ4n) is 2.00. The Morgan fingerprint density at radius 2 is 1.80 bits per heavy atom. The minimum Gasteiger partial charge on any atom is -0.392 e. The molecular formula is C15H25NO3S. The molecule has 0 saturated carbocycles. The first-order chi connectivity index (χ1) is 9.35. The quantitative estimate of drug-likeness (QED) is 0.774. The zero-order chi connectivity index (χ0) is 15.2. The van der Waals surface area contributed by atoms with Crippen molar-refractivity contribution < 1.29 is 13.5 Å². The molecule has 0 aromatic heterocycles. The molecule has 0 aliphatic carbocycles. The van der Waals surface area contributed by atoms with Gasteiger partial charge in [0.25, 0.3) is 0 Å². The highest BCUT2D eigenvalue weighted by Gasteiger charge is 2.15. The van der Waals surface area contributed by atoms with Crippen molar-refractivity contribution in [1.29, 1.82) is 0 Å². The molecule has 1 aromatic rings. The fraction of sp³-hybridized carbons (Fsp3) is 0.600. The number of aliphatic hydroxyl groups excluding tert-OH is 1. The first-order valence-electron chi connectivity index (χ1n) is 7.11. The molecule has 0 radical (unpaired) electrons. The van der Waals surface area contributed by atoms with Crippen LogP contribution in [0.25, 0.3) is 0 Å². The van der Waals surface area contributed by atoms with Gasteiger partial charge in [-0.2, -0.15) is 0 Å². The van der Waals surface area contributed by atoms with Crippen molar-refractivity contribution in [1.82, 2.24) is 4.72 Å². The summed E-state index contributed by atoms with van der Waals surface area (Å²) < 4.78 is 26.5. The topological polar surface area (TPSA) is 66.4 Å². The highest BCUT2D eigenvalue weighted by atomic mass is 32.2. The van der Waals surface area contributed by atoms with Crippen LogP contribution in [0.3, 0.4) is 0 Å². The van der Waals surface area contributed by atoms with Crippen molar-refractivity contribution in [2.75, 3.05) is 6.54 Å². The van der Waals surface area contributed by atoms with E-state index in [0.29, 0.717) is 12.3 Å². The Kier molecular flexibility index (Phi) is 6.65. The second kappa shape index (κ2) is 7.76. The summed E-state index contributed by atoms with van der Waals surface area (Å²) in [7, 11) is -3.53. The third-order valence-electron chi connectivity index (χ3n) is 3.01. The van der Waals surface area contributed by atoms with Crippen LogP contribution in [-0.4, -0.2) is 26.2 Å². The SMILES string of the molecule is CCCC(O)CNS(=O)(=O)c1ccc(CC(C)C)cc1. The summed E-state index contributed by atoms with van der Waals surface area (Å²) in [5, 5.41) is 9.58. The minimum atomic E-state index is -3.53. The van der Waals surface area contributed by atoms with E-state index in [1.807, 2.05) is 19.1 Å². The van der Waals surface area contributed by atoms with Gasteiger partial charge in [0.15, 0.2) is 0 Å². The molecule has 0 aliphatic rings. The molecule has 1 unspecified atom stereocenters. The molecule has 1 atom stereocenters. The lowest BCUT2D eigenvalue weighted by Crippen LogP contribution is -2.32. The monoisotopic (exact) mass is 299 g/mol. The zero-order valence-corrected chi connectivity index (χ0v) is 13.3. The highest BCUT2D eigenvalue weighted by Crippen LogP contribution is 2.13. The van der Waals surface area contributed by atoms with E-state index in [9.17, 15) is 13.5 Å². The Balaban J connectivity index is 2.68. The Morgan fingerprint density at radius 1 is 1.20 bits per heavy atom. The molecule has 2 N–H and O–H groups in total. The summed E-state index contributed by atoms with van der Waals surface area (Å²) >= 11 is 0. The fourth-order valence-corrected chi connectivity index (χ4v) is 3.07. The first-order valence-corrected chi connectivity index (χ1v) is 8.60. The average molecular weight is 299 g/mol. The van der Waals surface area contributed by atoms with E-state index in [1.165, 1.54) is 0 Å². The maximum absolute atomic E-state index is 12.1. The molecule has 1 aromatic carbocycles. The van der Waals surface area contributed by atoms with E-state index in [-0.39, 0.29) is 11.4 Å². The van der Waals surface area contributed by atoms with Crippen LogP contribution in [-0.2, 0) is 16.4 Å². The Bertz CT molecular complexity index is 494. The largest absolute Gasteiger partial charge is 0.392 e. The van der Waals surface area contributed by atoms with E-state index in [1.54, 1.807) is 12.1 Å². The summed E-state index contributed by atoms with van der Waals surface area (Å²) in [6.45, 7) is 6.26. The van der Waals surface area contributed by atoms with Gasteiger partial charge < -0.3 is 5.11 Å². The van der Waals surface area contributed by atoms with Crippen LogP contribution >= 0.6 is 0 Å². The molecule has 0 spiro atoms. The molecule has 0 bridgehead atoms. The molecule has 4 nitrogen and oxygen atoms in total. The van der Waals surface area contributed by atoms with Crippen LogP contribution in [0.1, 0.15) is 39.2 Å². The molecule has 5 heteroatoms. The van der Waals surface area contributed by atoms with Crippen molar-refractivity contribution in [3.63, 3.8) is 0 Å². The maximum atomic E-state index is 12.1. The zero-order valence-electron chi connectivity index (χ0n) is 12.5. The Morgan fingerprint density at radius 3 is 2.30 bits per heavy atom. The molecule has 0 saturated heterocycles. The van der Waals surface area contributed by atoms with Gasteiger partial charge in [-0.3, -0.25) is 0 Å². The minimum absolute atomic E-state index is 0.0594. The van der Waals surface area contributed by atoms with Gasteiger partial charge in [0, 0.05) is 6.54 Å². The summed E-state index contributed by atoms with van der Waals surface area (Å²) in [4.78, 5) is 0.244. The third-order valence-corrected chi connectivity index (χ3v) is 4.45. The van der Waals surface area contributed by atoms with E-state index in [4.69, 9.17) is 0 Å². The Labute approximate surface area is 122 Å². The highest BCUT2D eigenvalue weighted by molar-refractivity contribution is 7.89. The van der Waals surface area contributed by atoms with Gasteiger partial charge in [-0.05, 0) is 36.5 Å². The normalized spacial score (nSPS) is 13.7. The van der Waals surface area contributed by atoms with Crippen LogP contribution in [0.2, 0.25) is 0 Å². The maximum Gasteiger partial charge on any atom is 0.240 e. The van der Waals surface area contributed by atoms with Crippen molar-refractivity contribution in [3.05, 3.63) is 29.8 Å². The number of sulfonamides is 1. The van der Waals surface area contributed by atoms with Gasteiger partial charge in [0.2, 0.25) is 10.0 Å². The smallest absolute Gasteiger partial charge is 0.240 e. The molecule has 114 valence electrons. The molecule has 0 amide bonds. The van der Waals surface area contributed by atoms with Crippen LogP contribution in [0, 0.1) is 5.92 Å². The number of hydrogen-bond acceptors (Lipinski definition) is 3. The lowest BCUT2D eigenvalue weighted by atomic mass is 10.0. The van der Waals surface area contributed by atoms with Gasteiger partial charge in [0.05, 0.1) is 11.0 Å². The van der Waals surface area contributed by atoms with Gasteiger partial charge in [-0.1, -0.05) is 39.3 Å². The summed E-state index contributed by atoms with van der Waals surface area (Å²) in [6.07, 6.45) is 1.72. The van der Waals surface area contributed by atoms with Crippen LogP contribution in [0.4, 0.5) is 0 Å². The number of hydrogen-bond donors (Lipinski definition) is 2. The predicted molar refractivity (Wildman–Crippen MR) is 81.1 cm³/mol. The first kappa shape index (κ1) is 17.1. The Hall–Kier alpha value is -0.910. The van der Waals surface area contributed by atoms with Crippen LogP contribution in [0.5, 0.6) is 0 Å². The van der Waals surface area contributed by atoms with E-state index < -0.39 is 16.1 Å². The standard InChI is InChI=1S/C15H25NO3S/c1-4-5-14(17)11-16-20(18,19)15-8-6-13(7-9-15)10-12(2)3/h6-9,12,14,16-17H,4-5,10-11H2,1-3H3. The molecule has 0 aliphatic heterocycles. The number of aliphatic hydroxyl groups is 1. The van der Waals surface area contributed by atoms with Gasteiger partial charge >= 0.3 is 0 Å². The second-order valence-corrected chi connectivity index (χ2v) is 7.30. The summed E-state index contributed by atoms with van der Waals surface area (Å²) in [6, 6.07) is 6.92. The van der Waals surface area contributed by atoms with E-state index in [0.717, 1.165) is 18.4 Å². The van der Waals surface area contributed by atoms with Crippen LogP contribution in [0.15, 0.2) is 29.2 Å². The molecular weight excluding hydrogens is 274 g/mol. The summed E-state index contributed by atoms with van der Waals surface area (Å²) in [5.74, 6) is 0.541. The molecule has 1 rings (SSSR count). The van der Waals surface area contributed by atoms with Crippen molar-refractivity contribution in [2.45, 2.75) is 51.0 Å². The lowest BCUT2D eigenvalue weighted by molar-refractivity contribution is 0.167. The molecule has 0 fully saturated rings. The van der Waals surface area contributed by atoms with Crippen molar-refractivity contribution in [2.24, 2.45) is 5.92 Å². The van der Waals surface area contributed by atoms with Crippen molar-refractivity contribution in [3.8, 4) is 0 Å². The number of nitrogens with one attached hydrogen (secondary N) is 1. The lowest BCUT2D eigenvalue weighted by Gasteiger charge is -2.12. The van der Waals surface area contributed by atoms with Gasteiger partial charge in [0.1, 0.15) is 0 Å². The number of rotatable bonds is 8. The second-order valence-electron chi connectivity index (χ2n) is 5.54. The summed E-state index contributed by atoms with van der Waals surface area (Å²) in [5.41, 5.74) is 1.13. The molecule has 20 heavy (non-hydrogen) atoms. The molecule has 0 heterocycles. The van der Waals surface area contributed by atoms with Gasteiger partial charge in [-0.25, -0.2) is 13.1 Å². The average Bonchev–Trinajstić information content (AvgIpc) is 2.37.